The van der Waals surface area contributed by atoms with E-state index < -0.39 is 6.04 Å². The van der Waals surface area contributed by atoms with Gasteiger partial charge in [0.2, 0.25) is 11.8 Å². The average molecular weight is 272 g/mol. The lowest BCUT2D eigenvalue weighted by molar-refractivity contribution is -0.127. The molecule has 0 aliphatic carbocycles. The Bertz CT molecular complexity index is 292. The predicted molar refractivity (Wildman–Crippen MR) is 76.6 cm³/mol. The van der Waals surface area contributed by atoms with Crippen LogP contribution in [0.25, 0.3) is 0 Å². The molecule has 0 fully saturated rings. The second-order valence-corrected chi connectivity index (χ2v) is 5.55. The van der Waals surface area contributed by atoms with Crippen molar-refractivity contribution in [1.29, 1.82) is 0 Å². The molecule has 4 N–H and O–H groups in total. The van der Waals surface area contributed by atoms with Crippen molar-refractivity contribution in [2.24, 2.45) is 11.7 Å². The van der Waals surface area contributed by atoms with E-state index in [2.05, 4.69) is 15.5 Å². The van der Waals surface area contributed by atoms with Crippen LogP contribution in [0.5, 0.6) is 0 Å². The summed E-state index contributed by atoms with van der Waals surface area (Å²) in [5, 5.41) is 5.38. The van der Waals surface area contributed by atoms with Crippen molar-refractivity contribution in [3.63, 3.8) is 0 Å². The molecule has 0 aliphatic rings. The molecule has 0 aromatic carbocycles. The van der Waals surface area contributed by atoms with E-state index in [0.717, 1.165) is 13.0 Å². The third-order valence-electron chi connectivity index (χ3n) is 2.86. The van der Waals surface area contributed by atoms with Crippen LogP contribution in [0.4, 0.5) is 0 Å². The summed E-state index contributed by atoms with van der Waals surface area (Å²) in [6.45, 7) is 6.57. The minimum absolute atomic E-state index is 0.0223. The molecule has 0 aromatic heterocycles. The Morgan fingerprint density at radius 1 is 1.21 bits per heavy atom. The Morgan fingerprint density at radius 3 is 2.26 bits per heavy atom. The van der Waals surface area contributed by atoms with E-state index in [1.54, 1.807) is 0 Å². The molecule has 0 radical (unpaired) electrons. The van der Waals surface area contributed by atoms with Gasteiger partial charge in [0.1, 0.15) is 0 Å². The van der Waals surface area contributed by atoms with E-state index in [-0.39, 0.29) is 30.3 Å². The second kappa shape index (κ2) is 8.87. The van der Waals surface area contributed by atoms with E-state index in [4.69, 9.17) is 5.73 Å². The fourth-order valence-corrected chi connectivity index (χ4v) is 1.44. The first-order valence-electron chi connectivity index (χ1n) is 6.71. The van der Waals surface area contributed by atoms with Gasteiger partial charge in [-0.3, -0.25) is 9.59 Å². The molecule has 0 heterocycles. The van der Waals surface area contributed by atoms with Gasteiger partial charge in [-0.15, -0.1) is 0 Å². The van der Waals surface area contributed by atoms with Gasteiger partial charge in [-0.05, 0) is 39.9 Å². The van der Waals surface area contributed by atoms with Crippen LogP contribution >= 0.6 is 0 Å². The molecule has 0 bridgehead atoms. The normalized spacial score (nSPS) is 14.3. The first-order chi connectivity index (χ1) is 8.73. The number of nitrogens with zero attached hydrogens (tertiary/aromatic N) is 1. The highest BCUT2D eigenvalue weighted by Gasteiger charge is 2.17. The largest absolute Gasteiger partial charge is 0.352 e. The first-order valence-corrected chi connectivity index (χ1v) is 6.71. The molecule has 2 amide bonds. The van der Waals surface area contributed by atoms with Crippen LogP contribution in [0, 0.1) is 5.92 Å². The standard InChI is InChI=1S/C13H28N4O2/c1-9(2)12(14)13(19)15-8-11(18)16-10(3)6-7-17(4)5/h9-10,12H,6-8,14H2,1-5H3,(H,15,19)(H,16,18)/t10?,12-/m0/s1. The highest BCUT2D eigenvalue weighted by Crippen LogP contribution is 1.97. The number of amides is 2. The summed E-state index contributed by atoms with van der Waals surface area (Å²) < 4.78 is 0. The predicted octanol–water partition coefficient (Wildman–Crippen LogP) is -0.458. The van der Waals surface area contributed by atoms with Crippen LogP contribution in [0.3, 0.4) is 0 Å². The van der Waals surface area contributed by atoms with Crippen LogP contribution < -0.4 is 16.4 Å². The first kappa shape index (κ1) is 17.9. The van der Waals surface area contributed by atoms with Crippen molar-refractivity contribution in [3.8, 4) is 0 Å². The third kappa shape index (κ3) is 8.56. The van der Waals surface area contributed by atoms with Crippen molar-refractivity contribution in [2.75, 3.05) is 27.2 Å². The number of hydrogen-bond donors (Lipinski definition) is 3. The summed E-state index contributed by atoms with van der Waals surface area (Å²) >= 11 is 0. The number of rotatable bonds is 8. The molecule has 0 aliphatic heterocycles. The number of hydrogen-bond acceptors (Lipinski definition) is 4. The fraction of sp³-hybridized carbons (Fsp3) is 0.846. The maximum absolute atomic E-state index is 11.6. The van der Waals surface area contributed by atoms with Gasteiger partial charge in [-0.1, -0.05) is 13.8 Å². The number of carbonyl (C=O) groups is 2. The lowest BCUT2D eigenvalue weighted by Gasteiger charge is -2.18. The number of nitrogens with two attached hydrogens (primary N) is 1. The van der Waals surface area contributed by atoms with Crippen LogP contribution in [-0.2, 0) is 9.59 Å². The summed E-state index contributed by atoms with van der Waals surface area (Å²) in [4.78, 5) is 25.2. The smallest absolute Gasteiger partial charge is 0.239 e. The van der Waals surface area contributed by atoms with Gasteiger partial charge in [-0.25, -0.2) is 0 Å². The maximum atomic E-state index is 11.6. The lowest BCUT2D eigenvalue weighted by atomic mass is 10.1. The van der Waals surface area contributed by atoms with Crippen LogP contribution in [0.1, 0.15) is 27.2 Å². The van der Waals surface area contributed by atoms with Crippen molar-refractivity contribution in [3.05, 3.63) is 0 Å². The molecule has 6 heteroatoms. The van der Waals surface area contributed by atoms with E-state index in [0.29, 0.717) is 0 Å². The molecule has 112 valence electrons. The van der Waals surface area contributed by atoms with Gasteiger partial charge in [0, 0.05) is 6.04 Å². The van der Waals surface area contributed by atoms with E-state index in [9.17, 15) is 9.59 Å². The quantitative estimate of drug-likeness (QED) is 0.558. The summed E-state index contributed by atoms with van der Waals surface area (Å²) in [7, 11) is 3.98. The number of nitrogens with one attached hydrogen (secondary N) is 2. The Balaban J connectivity index is 3.89. The molecule has 6 nitrogen and oxygen atoms in total. The zero-order valence-corrected chi connectivity index (χ0v) is 12.7. The SMILES string of the molecule is CC(CCN(C)C)NC(=O)CNC(=O)[C@@H](N)C(C)C. The topological polar surface area (TPSA) is 87.5 Å². The fourth-order valence-electron chi connectivity index (χ4n) is 1.44. The van der Waals surface area contributed by atoms with Crippen molar-refractivity contribution >= 4 is 11.8 Å². The van der Waals surface area contributed by atoms with Gasteiger partial charge >= 0.3 is 0 Å². The third-order valence-corrected chi connectivity index (χ3v) is 2.86. The van der Waals surface area contributed by atoms with Gasteiger partial charge in [0.05, 0.1) is 12.6 Å². The van der Waals surface area contributed by atoms with E-state index in [1.807, 2.05) is 34.9 Å². The Labute approximate surface area is 116 Å². The maximum Gasteiger partial charge on any atom is 0.239 e. The molecule has 0 saturated heterocycles. The van der Waals surface area contributed by atoms with E-state index >= 15 is 0 Å². The molecule has 2 atom stereocenters. The highest BCUT2D eigenvalue weighted by molar-refractivity contribution is 5.87. The molecule has 0 saturated carbocycles. The van der Waals surface area contributed by atoms with Crippen LogP contribution in [-0.4, -0.2) is 56.0 Å². The van der Waals surface area contributed by atoms with Gasteiger partial charge in [0.15, 0.2) is 0 Å². The molecule has 0 aromatic rings. The lowest BCUT2D eigenvalue weighted by Crippen LogP contribution is -2.48. The summed E-state index contributed by atoms with van der Waals surface area (Å²) in [5.41, 5.74) is 5.68. The zero-order valence-electron chi connectivity index (χ0n) is 12.7. The molecule has 1 unspecified atom stereocenters. The second-order valence-electron chi connectivity index (χ2n) is 5.55. The van der Waals surface area contributed by atoms with Crippen molar-refractivity contribution in [1.82, 2.24) is 15.5 Å². The number of carbonyl (C=O) groups excluding carboxylic acids is 2. The van der Waals surface area contributed by atoms with Crippen molar-refractivity contribution in [2.45, 2.75) is 39.3 Å². The Kier molecular flexibility index (Phi) is 8.34. The minimum atomic E-state index is -0.570. The van der Waals surface area contributed by atoms with E-state index in [1.165, 1.54) is 0 Å². The Morgan fingerprint density at radius 2 is 1.79 bits per heavy atom. The van der Waals surface area contributed by atoms with Gasteiger partial charge in [0.25, 0.3) is 0 Å². The summed E-state index contributed by atoms with van der Waals surface area (Å²) in [5.74, 6) is -0.413. The van der Waals surface area contributed by atoms with Gasteiger partial charge < -0.3 is 21.3 Å². The minimum Gasteiger partial charge on any atom is -0.352 e. The molecule has 0 spiro atoms. The Hall–Kier alpha value is -1.14. The molecule has 19 heavy (non-hydrogen) atoms. The average Bonchev–Trinajstić information content (AvgIpc) is 2.32. The highest BCUT2D eigenvalue weighted by atomic mass is 16.2. The van der Waals surface area contributed by atoms with Crippen LogP contribution in [0.2, 0.25) is 0 Å². The van der Waals surface area contributed by atoms with Gasteiger partial charge in [-0.2, -0.15) is 0 Å². The zero-order chi connectivity index (χ0) is 15.0. The molecule has 0 rings (SSSR count). The monoisotopic (exact) mass is 272 g/mol. The molecular formula is C13H28N4O2. The van der Waals surface area contributed by atoms with Crippen molar-refractivity contribution < 1.29 is 9.59 Å². The molecular weight excluding hydrogens is 244 g/mol. The summed E-state index contributed by atoms with van der Waals surface area (Å²) in [6, 6.07) is -0.482. The summed E-state index contributed by atoms with van der Waals surface area (Å²) in [6.07, 6.45) is 0.873. The van der Waals surface area contributed by atoms with Crippen LogP contribution in [0.15, 0.2) is 0 Å².